The van der Waals surface area contributed by atoms with E-state index in [2.05, 4.69) is 10.1 Å². The largest absolute Gasteiger partial charge is 0.495 e. The quantitative estimate of drug-likeness (QED) is 0.485. The minimum absolute atomic E-state index is 0.0713. The Hall–Kier alpha value is -3.79. The maximum atomic E-state index is 14.2. The Morgan fingerprint density at radius 2 is 1.89 bits per heavy atom. The minimum atomic E-state index is -1.75. The van der Waals surface area contributed by atoms with Crippen molar-refractivity contribution < 1.29 is 27.9 Å². The van der Waals surface area contributed by atoms with E-state index in [1.807, 2.05) is 42.0 Å². The van der Waals surface area contributed by atoms with Gasteiger partial charge >= 0.3 is 0 Å². The van der Waals surface area contributed by atoms with Crippen LogP contribution in [0.5, 0.6) is 5.75 Å². The number of imidazole rings is 1. The summed E-state index contributed by atoms with van der Waals surface area (Å²) in [6.45, 7) is 5.24. The van der Waals surface area contributed by atoms with Gasteiger partial charge in [-0.05, 0) is 75.1 Å². The number of amidine groups is 1. The van der Waals surface area contributed by atoms with Crippen LogP contribution in [0.15, 0.2) is 53.6 Å². The number of aliphatic hydroxyl groups is 1. The molecule has 1 N–H and O–H groups in total. The predicted octanol–water partition coefficient (Wildman–Crippen LogP) is 5.05. The fourth-order valence-electron chi connectivity index (χ4n) is 5.03. The molecule has 5 rings (SSSR count). The van der Waals surface area contributed by atoms with E-state index in [1.165, 1.54) is 13.8 Å². The first-order chi connectivity index (χ1) is 17.5. The zero-order valence-electron chi connectivity index (χ0n) is 20.9. The first kappa shape index (κ1) is 24.9. The summed E-state index contributed by atoms with van der Waals surface area (Å²) in [6.07, 6.45) is 6.88. The average Bonchev–Trinajstić information content (AvgIpc) is 3.47. The summed E-state index contributed by atoms with van der Waals surface area (Å²) in [7, 11) is 1.59. The molecule has 0 radical (unpaired) electrons. The number of halogens is 3. The second-order valence-electron chi connectivity index (χ2n) is 9.74. The number of hydrogen-bond acceptors (Lipinski definition) is 6. The number of aromatic nitrogens is 2. The zero-order chi connectivity index (χ0) is 26.5. The van der Waals surface area contributed by atoms with Crippen LogP contribution >= 0.6 is 0 Å². The van der Waals surface area contributed by atoms with Crippen molar-refractivity contribution in [2.75, 3.05) is 13.7 Å². The number of hydrogen-bond donors (Lipinski definition) is 1. The van der Waals surface area contributed by atoms with Gasteiger partial charge in [0.2, 0.25) is 0 Å². The van der Waals surface area contributed by atoms with Crippen LogP contribution in [-0.4, -0.2) is 44.6 Å². The third-order valence-electron chi connectivity index (χ3n) is 6.75. The summed E-state index contributed by atoms with van der Waals surface area (Å²) in [5.74, 6) is -3.25. The highest BCUT2D eigenvalue weighted by Gasteiger charge is 2.59. The van der Waals surface area contributed by atoms with Gasteiger partial charge in [0.25, 0.3) is 5.72 Å². The van der Waals surface area contributed by atoms with Crippen LogP contribution < -0.4 is 4.74 Å². The number of benzene rings is 2. The van der Waals surface area contributed by atoms with Crippen LogP contribution in [0.1, 0.15) is 43.5 Å². The van der Waals surface area contributed by atoms with Crippen molar-refractivity contribution in [2.45, 2.75) is 44.9 Å². The van der Waals surface area contributed by atoms with Crippen LogP contribution in [0.25, 0.3) is 11.8 Å². The molecule has 7 nitrogen and oxygen atoms in total. The smallest absolute Gasteiger partial charge is 0.265 e. The monoisotopic (exact) mass is 512 g/mol. The third-order valence-corrected chi connectivity index (χ3v) is 6.75. The lowest BCUT2D eigenvalue weighted by molar-refractivity contribution is -0.220. The van der Waals surface area contributed by atoms with Gasteiger partial charge in [0, 0.05) is 18.3 Å². The number of piperidine rings is 1. The summed E-state index contributed by atoms with van der Waals surface area (Å²) in [4.78, 5) is 11.8. The topological polar surface area (TPSA) is 72.1 Å². The molecular formula is C27H27F3N4O3. The van der Waals surface area contributed by atoms with Gasteiger partial charge in [-0.25, -0.2) is 18.2 Å². The van der Waals surface area contributed by atoms with Crippen LogP contribution in [0.2, 0.25) is 0 Å². The van der Waals surface area contributed by atoms with E-state index < -0.39 is 28.8 Å². The second kappa shape index (κ2) is 8.95. The van der Waals surface area contributed by atoms with E-state index in [-0.39, 0.29) is 5.56 Å². The van der Waals surface area contributed by atoms with Crippen molar-refractivity contribution in [2.24, 2.45) is 5.16 Å². The molecule has 2 aliphatic heterocycles. The number of nitrogens with zero attached hydrogens (tertiary/aromatic N) is 4. The number of fused-ring (bicyclic) bond motifs is 1. The molecule has 194 valence electrons. The van der Waals surface area contributed by atoms with E-state index in [0.717, 1.165) is 34.7 Å². The number of aryl methyl sites for hydroxylation is 1. The second-order valence-corrected chi connectivity index (χ2v) is 9.74. The summed E-state index contributed by atoms with van der Waals surface area (Å²) >= 11 is 0. The number of methoxy groups -OCH3 is 1. The summed E-state index contributed by atoms with van der Waals surface area (Å²) in [6, 6.07) is 7.43. The number of ether oxygens (including phenoxy) is 1. The van der Waals surface area contributed by atoms with Crippen molar-refractivity contribution in [1.29, 1.82) is 0 Å². The van der Waals surface area contributed by atoms with Gasteiger partial charge in [0.05, 0.1) is 24.8 Å². The van der Waals surface area contributed by atoms with Gasteiger partial charge in [-0.15, -0.1) is 0 Å². The molecule has 3 heterocycles. The Kier molecular flexibility index (Phi) is 6.02. The van der Waals surface area contributed by atoms with Crippen molar-refractivity contribution in [3.05, 3.63) is 82.7 Å². The summed E-state index contributed by atoms with van der Waals surface area (Å²) in [5.41, 5.74) is -0.115. The lowest BCUT2D eigenvalue weighted by Gasteiger charge is -2.46. The minimum Gasteiger partial charge on any atom is -0.495 e. The lowest BCUT2D eigenvalue weighted by Crippen LogP contribution is -2.60. The van der Waals surface area contributed by atoms with Crippen molar-refractivity contribution in [3.63, 3.8) is 0 Å². The Bertz CT molecular complexity index is 1400. The molecule has 0 aliphatic carbocycles. The lowest BCUT2D eigenvalue weighted by atomic mass is 9.83. The molecule has 2 aliphatic rings. The van der Waals surface area contributed by atoms with Crippen LogP contribution in [-0.2, 0) is 10.6 Å². The average molecular weight is 513 g/mol. The van der Waals surface area contributed by atoms with Crippen LogP contribution in [0.3, 0.4) is 0 Å². The highest BCUT2D eigenvalue weighted by molar-refractivity contribution is 6.03. The van der Waals surface area contributed by atoms with E-state index >= 15 is 0 Å². The Balaban J connectivity index is 1.54. The Morgan fingerprint density at radius 3 is 2.51 bits per heavy atom. The van der Waals surface area contributed by atoms with Gasteiger partial charge in [0.15, 0.2) is 23.3 Å². The molecule has 0 spiro atoms. The van der Waals surface area contributed by atoms with Crippen molar-refractivity contribution in [1.82, 2.24) is 14.5 Å². The fraction of sp³-hybridized carbons (Fsp3) is 0.333. The first-order valence-corrected chi connectivity index (χ1v) is 11.9. The summed E-state index contributed by atoms with van der Waals surface area (Å²) in [5, 5.41) is 15.4. The molecule has 1 fully saturated rings. The van der Waals surface area contributed by atoms with E-state index in [4.69, 9.17) is 9.57 Å². The Morgan fingerprint density at radius 1 is 1.16 bits per heavy atom. The van der Waals surface area contributed by atoms with E-state index in [0.29, 0.717) is 31.0 Å². The third kappa shape index (κ3) is 4.05. The number of oxime groups is 1. The highest BCUT2D eigenvalue weighted by Crippen LogP contribution is 2.47. The van der Waals surface area contributed by atoms with Gasteiger partial charge in [-0.1, -0.05) is 11.2 Å². The maximum absolute atomic E-state index is 14.2. The standard InChI is InChI=1S/C27H27F3N4O3/c1-16-14-33(15-31-16)22-8-7-17(11-23(22)36-4)10-18-6-5-9-34-25(18)32-37-27(34,26(2,3)35)19-12-20(28)24(30)21(29)13-19/h7-8,10-15,35H,5-6,9H2,1-4H3/b18-10+. The van der Waals surface area contributed by atoms with Gasteiger partial charge < -0.3 is 24.1 Å². The Labute approximate surface area is 212 Å². The molecule has 37 heavy (non-hydrogen) atoms. The first-order valence-electron chi connectivity index (χ1n) is 11.9. The summed E-state index contributed by atoms with van der Waals surface area (Å²) < 4.78 is 49.7. The molecule has 1 unspecified atom stereocenters. The molecule has 1 aromatic heterocycles. The van der Waals surface area contributed by atoms with Crippen LogP contribution in [0.4, 0.5) is 13.2 Å². The van der Waals surface area contributed by atoms with E-state index in [1.54, 1.807) is 18.3 Å². The molecule has 10 heteroatoms. The molecule has 0 saturated carbocycles. The molecule has 0 amide bonds. The predicted molar refractivity (Wildman–Crippen MR) is 132 cm³/mol. The normalized spacial score (nSPS) is 20.6. The molecular weight excluding hydrogens is 485 g/mol. The SMILES string of the molecule is COc1cc(/C=C2\CCCN3C2=NOC3(c2cc(F)c(F)c(F)c2)C(C)(C)O)ccc1-n1cnc(C)c1. The maximum Gasteiger partial charge on any atom is 0.265 e. The van der Waals surface area contributed by atoms with Crippen LogP contribution in [0, 0.1) is 24.4 Å². The van der Waals surface area contributed by atoms with E-state index in [9.17, 15) is 18.3 Å². The molecule has 1 atom stereocenters. The van der Waals surface area contributed by atoms with Gasteiger partial charge in [-0.2, -0.15) is 0 Å². The number of rotatable bonds is 5. The zero-order valence-corrected chi connectivity index (χ0v) is 20.9. The highest BCUT2D eigenvalue weighted by atomic mass is 19.2. The van der Waals surface area contributed by atoms with Gasteiger partial charge in [-0.3, -0.25) is 0 Å². The molecule has 1 saturated heterocycles. The fourth-order valence-corrected chi connectivity index (χ4v) is 5.03. The molecule has 3 aromatic rings. The van der Waals surface area contributed by atoms with Gasteiger partial charge in [0.1, 0.15) is 11.4 Å². The molecule has 0 bridgehead atoms. The molecule has 2 aromatic carbocycles. The van der Waals surface area contributed by atoms with Crippen molar-refractivity contribution in [3.8, 4) is 11.4 Å². The van der Waals surface area contributed by atoms with Crippen molar-refractivity contribution >= 4 is 11.9 Å².